The topological polar surface area (TPSA) is 80.8 Å². The zero-order valence-electron chi connectivity index (χ0n) is 18.5. The van der Waals surface area contributed by atoms with Crippen molar-refractivity contribution >= 4 is 71.9 Å². The molecule has 1 saturated heterocycles. The molecule has 4 unspecified atom stereocenters. The van der Waals surface area contributed by atoms with Gasteiger partial charge in [-0.2, -0.15) is 0 Å². The molecule has 0 spiro atoms. The Morgan fingerprint density at radius 1 is 0.800 bits per heavy atom. The largest absolute Gasteiger partial charge is 0.454 e. The van der Waals surface area contributed by atoms with Gasteiger partial charge in [-0.1, -0.05) is 68.3 Å². The summed E-state index contributed by atoms with van der Waals surface area (Å²) in [5.41, 5.74) is 1.13. The summed E-state index contributed by atoms with van der Waals surface area (Å²) in [4.78, 5) is 52.4. The number of carbonyl (C=O) groups is 4. The van der Waals surface area contributed by atoms with E-state index in [-0.39, 0.29) is 51.3 Å². The van der Waals surface area contributed by atoms with E-state index < -0.39 is 5.97 Å². The van der Waals surface area contributed by atoms with Gasteiger partial charge < -0.3 is 4.74 Å². The van der Waals surface area contributed by atoms with Crippen molar-refractivity contribution in [1.29, 1.82) is 0 Å². The number of benzene rings is 3. The minimum absolute atomic E-state index is 0.134. The van der Waals surface area contributed by atoms with Gasteiger partial charge in [-0.15, -0.1) is 0 Å². The monoisotopic (exact) mass is 597 g/mol. The van der Waals surface area contributed by atoms with Gasteiger partial charge in [-0.25, -0.2) is 4.79 Å². The quantitative estimate of drug-likeness (QED) is 0.172. The highest BCUT2D eigenvalue weighted by atomic mass is 79.9. The molecule has 1 saturated carbocycles. The van der Waals surface area contributed by atoms with E-state index in [0.29, 0.717) is 24.1 Å². The first-order valence-electron chi connectivity index (χ1n) is 11.3. The molecule has 3 aromatic carbocycles. The van der Waals surface area contributed by atoms with Crippen LogP contribution in [0.3, 0.4) is 0 Å². The van der Waals surface area contributed by atoms with Crippen LogP contribution in [0, 0.1) is 11.8 Å². The molecule has 6 nitrogen and oxygen atoms in total. The normalized spacial score (nSPS) is 23.9. The maximum Gasteiger partial charge on any atom is 0.338 e. The summed E-state index contributed by atoms with van der Waals surface area (Å²) < 4.78 is 5.22. The molecule has 2 fully saturated rings. The van der Waals surface area contributed by atoms with Crippen molar-refractivity contribution < 1.29 is 23.9 Å². The first kappa shape index (κ1) is 23.9. The number of esters is 1. The minimum atomic E-state index is -0.650. The van der Waals surface area contributed by atoms with Crippen LogP contribution in [-0.4, -0.2) is 39.8 Å². The number of hydrogen-bond acceptors (Lipinski definition) is 5. The molecular weight excluding hydrogens is 578 g/mol. The number of ketones is 1. The van der Waals surface area contributed by atoms with E-state index in [1.165, 1.54) is 17.0 Å². The summed E-state index contributed by atoms with van der Waals surface area (Å²) in [5.74, 6) is -2.05. The lowest BCUT2D eigenvalue weighted by molar-refractivity contribution is -0.122. The lowest BCUT2D eigenvalue weighted by Gasteiger charge is -2.29. The number of amides is 2. The van der Waals surface area contributed by atoms with Crippen molar-refractivity contribution in [2.24, 2.45) is 11.8 Å². The Hall–Kier alpha value is -2.84. The van der Waals surface area contributed by atoms with Gasteiger partial charge in [0.05, 0.1) is 23.1 Å². The molecule has 3 aromatic rings. The minimum Gasteiger partial charge on any atom is -0.454 e. The third kappa shape index (κ3) is 4.57. The predicted molar refractivity (Wildman–Crippen MR) is 139 cm³/mol. The Labute approximate surface area is 218 Å². The van der Waals surface area contributed by atoms with Crippen molar-refractivity contribution in [2.75, 3.05) is 11.5 Å². The number of Topliss-reactive ketones (excluding diaryl/α,β-unsaturated/α-hetero) is 1. The highest BCUT2D eigenvalue weighted by Crippen LogP contribution is 2.44. The van der Waals surface area contributed by atoms with Gasteiger partial charge in [0.1, 0.15) is 0 Å². The molecule has 35 heavy (non-hydrogen) atoms. The summed E-state index contributed by atoms with van der Waals surface area (Å²) in [6.45, 7) is -0.382. The van der Waals surface area contributed by atoms with Crippen LogP contribution in [0.1, 0.15) is 33.6 Å². The summed E-state index contributed by atoms with van der Waals surface area (Å²) in [5, 5.41) is 1.96. The Morgan fingerprint density at radius 2 is 1.37 bits per heavy atom. The van der Waals surface area contributed by atoms with Crippen molar-refractivity contribution in [3.8, 4) is 0 Å². The number of carbonyl (C=O) groups excluding carboxylic acids is 4. The first-order chi connectivity index (χ1) is 16.8. The third-order valence-corrected chi connectivity index (χ3v) is 9.41. The second-order valence-corrected chi connectivity index (χ2v) is 11.2. The summed E-state index contributed by atoms with van der Waals surface area (Å²) in [6, 6.07) is 19.2. The second-order valence-electron chi connectivity index (χ2n) is 8.84. The van der Waals surface area contributed by atoms with E-state index in [1.54, 1.807) is 24.3 Å². The van der Waals surface area contributed by atoms with Crippen molar-refractivity contribution in [3.05, 3.63) is 77.9 Å². The molecule has 4 atom stereocenters. The van der Waals surface area contributed by atoms with Gasteiger partial charge in [0.2, 0.25) is 11.8 Å². The highest BCUT2D eigenvalue weighted by molar-refractivity contribution is 9.12. The molecule has 0 radical (unpaired) electrons. The number of alkyl halides is 2. The average Bonchev–Trinajstić information content (AvgIpc) is 3.11. The molecule has 1 aliphatic heterocycles. The van der Waals surface area contributed by atoms with Crippen molar-refractivity contribution in [2.45, 2.75) is 22.5 Å². The molecule has 0 bridgehead atoms. The number of hydrogen-bond donors (Lipinski definition) is 0. The van der Waals surface area contributed by atoms with E-state index in [1.807, 2.05) is 30.3 Å². The Morgan fingerprint density at radius 3 is 2.00 bits per heavy atom. The summed E-state index contributed by atoms with van der Waals surface area (Å²) in [7, 11) is 0. The number of imide groups is 1. The fraction of sp³-hybridized carbons (Fsp3) is 0.259. The van der Waals surface area contributed by atoms with Crippen LogP contribution in [0.5, 0.6) is 0 Å². The number of ether oxygens (including phenoxy) is 1. The molecule has 2 aliphatic rings. The molecular formula is C27H21Br2NO5. The molecule has 178 valence electrons. The van der Waals surface area contributed by atoms with Gasteiger partial charge in [0, 0.05) is 15.2 Å². The summed E-state index contributed by atoms with van der Waals surface area (Å²) >= 11 is 7.17. The average molecular weight is 599 g/mol. The fourth-order valence-corrected chi connectivity index (χ4v) is 5.99. The maximum absolute atomic E-state index is 13.0. The number of anilines is 1. The molecule has 5 rings (SSSR count). The van der Waals surface area contributed by atoms with Gasteiger partial charge in [-0.05, 0) is 53.9 Å². The van der Waals surface area contributed by atoms with E-state index in [2.05, 4.69) is 31.9 Å². The van der Waals surface area contributed by atoms with Crippen LogP contribution >= 0.6 is 31.9 Å². The number of halogens is 2. The predicted octanol–water partition coefficient (Wildman–Crippen LogP) is 5.31. The summed E-state index contributed by atoms with van der Waals surface area (Å²) in [6.07, 6.45) is 1.19. The Balaban J connectivity index is 1.24. The maximum atomic E-state index is 13.0. The van der Waals surface area contributed by atoms with E-state index in [9.17, 15) is 19.2 Å². The highest BCUT2D eigenvalue weighted by Gasteiger charge is 2.52. The first-order valence-corrected chi connectivity index (χ1v) is 13.1. The van der Waals surface area contributed by atoms with Crippen LogP contribution < -0.4 is 4.90 Å². The molecule has 1 aliphatic carbocycles. The zero-order chi connectivity index (χ0) is 24.7. The smallest absolute Gasteiger partial charge is 0.338 e. The zero-order valence-corrected chi connectivity index (χ0v) is 21.7. The van der Waals surface area contributed by atoms with Crippen LogP contribution in [-0.2, 0) is 14.3 Å². The van der Waals surface area contributed by atoms with E-state index in [4.69, 9.17) is 4.74 Å². The molecule has 1 heterocycles. The molecule has 0 N–H and O–H groups in total. The SMILES string of the molecule is O=C(COC(=O)c1ccc(N2C(=O)C3CC(Br)C(Br)CC3C2=O)cc1)c1ccc2ccccc2c1. The van der Waals surface area contributed by atoms with Gasteiger partial charge in [0.15, 0.2) is 12.4 Å². The fourth-order valence-electron chi connectivity index (χ4n) is 4.76. The number of rotatable bonds is 5. The van der Waals surface area contributed by atoms with Crippen LogP contribution in [0.15, 0.2) is 66.7 Å². The second kappa shape index (κ2) is 9.66. The molecule has 8 heteroatoms. The van der Waals surface area contributed by atoms with Crippen molar-refractivity contribution in [1.82, 2.24) is 0 Å². The van der Waals surface area contributed by atoms with Gasteiger partial charge >= 0.3 is 5.97 Å². The molecule has 2 amide bonds. The van der Waals surface area contributed by atoms with E-state index >= 15 is 0 Å². The third-order valence-electron chi connectivity index (χ3n) is 6.68. The van der Waals surface area contributed by atoms with Gasteiger partial charge in [-0.3, -0.25) is 19.3 Å². The standard InChI is InChI=1S/C27H21Br2NO5/c28-22-12-20-21(13-23(22)29)26(33)30(25(20)32)19-9-7-16(8-10-19)27(34)35-14-24(31)18-6-5-15-3-1-2-4-17(15)11-18/h1-11,20-23H,12-14H2. The number of nitrogens with zero attached hydrogens (tertiary/aromatic N) is 1. The number of fused-ring (bicyclic) bond motifs is 2. The van der Waals surface area contributed by atoms with Crippen LogP contribution in [0.25, 0.3) is 10.8 Å². The van der Waals surface area contributed by atoms with Crippen LogP contribution in [0.2, 0.25) is 0 Å². The molecule has 0 aromatic heterocycles. The van der Waals surface area contributed by atoms with E-state index in [0.717, 1.165) is 10.8 Å². The lowest BCUT2D eigenvalue weighted by atomic mass is 9.81. The lowest BCUT2D eigenvalue weighted by Crippen LogP contribution is -2.34. The van der Waals surface area contributed by atoms with Gasteiger partial charge in [0.25, 0.3) is 0 Å². The van der Waals surface area contributed by atoms with Crippen molar-refractivity contribution in [3.63, 3.8) is 0 Å². The Bertz CT molecular complexity index is 1310. The van der Waals surface area contributed by atoms with Crippen LogP contribution in [0.4, 0.5) is 5.69 Å². The Kier molecular flexibility index (Phi) is 6.59.